The molecule has 0 N–H and O–H groups in total. The number of rotatable bonds is 8. The number of phosphoric ester groups is 1. The van der Waals surface area contributed by atoms with Crippen molar-refractivity contribution in [2.45, 2.75) is 12.6 Å². The van der Waals surface area contributed by atoms with Crippen molar-refractivity contribution in [1.29, 1.82) is 0 Å². The van der Waals surface area contributed by atoms with Crippen LogP contribution in [0.2, 0.25) is 0 Å². The second kappa shape index (κ2) is 11.3. The van der Waals surface area contributed by atoms with E-state index in [4.69, 9.17) is 18.5 Å². The number of ether oxygens (including phenoxy) is 2. The third kappa shape index (κ3) is 7.42. The summed E-state index contributed by atoms with van der Waals surface area (Å²) in [4.78, 5) is 12.4. The molecule has 0 aromatic heterocycles. The summed E-state index contributed by atoms with van der Waals surface area (Å²) in [6.45, 7) is 0. The molecular weight excluding hydrogens is 471 g/mol. The first-order valence-corrected chi connectivity index (χ1v) is 10.7. The molecule has 33 heavy (non-hydrogen) atoms. The first kappa shape index (κ1) is 27.1. The Morgan fingerprint density at radius 1 is 0.818 bits per heavy atom. The van der Waals surface area contributed by atoms with Crippen LogP contribution >= 0.6 is 7.82 Å². The first-order valence-electron chi connectivity index (χ1n) is 9.27. The molecule has 11 heteroatoms. The maximum atomic E-state index is 12.7. The van der Waals surface area contributed by atoms with Gasteiger partial charge in [-0.2, -0.15) is 13.2 Å². The predicted molar refractivity (Wildman–Crippen MR) is 109 cm³/mol. The van der Waals surface area contributed by atoms with Gasteiger partial charge < -0.3 is 23.4 Å². The van der Waals surface area contributed by atoms with Crippen LogP contribution in [0.5, 0.6) is 23.0 Å². The Bertz CT molecular complexity index is 1080. The molecule has 0 spiro atoms. The van der Waals surface area contributed by atoms with E-state index in [1.165, 1.54) is 50.6 Å². The quantitative estimate of drug-likeness (QED) is 0.356. The molecule has 0 bridgehead atoms. The maximum Gasteiger partial charge on any atom is 1.00 e. The maximum absolute atomic E-state index is 12.7. The summed E-state index contributed by atoms with van der Waals surface area (Å²) in [7, 11) is -2.13. The minimum Gasteiger partial charge on any atom is -0.736 e. The van der Waals surface area contributed by atoms with Gasteiger partial charge in [0.2, 0.25) is 5.75 Å². The molecule has 3 rings (SSSR count). The number of para-hydroxylation sites is 1. The van der Waals surface area contributed by atoms with Crippen LogP contribution in [0.1, 0.15) is 16.7 Å². The molecule has 0 radical (unpaired) electrons. The molecular formula is C22H19F3NaO6P. The number of hydrogen-bond donors (Lipinski definition) is 0. The predicted octanol–water partition coefficient (Wildman–Crippen LogP) is 2.24. The number of hydrogen-bond acceptors (Lipinski definition) is 6. The number of methoxy groups -OCH3 is 2. The summed E-state index contributed by atoms with van der Waals surface area (Å²) in [5.74, 6) is 0.162. The van der Waals surface area contributed by atoms with Crippen molar-refractivity contribution < 1.29 is 70.7 Å². The minimum absolute atomic E-state index is 0. The summed E-state index contributed by atoms with van der Waals surface area (Å²) in [6, 6.07) is 15.5. The van der Waals surface area contributed by atoms with Gasteiger partial charge in [-0.1, -0.05) is 30.3 Å². The molecule has 1 unspecified atom stereocenters. The minimum atomic E-state index is -4.84. The third-order valence-electron chi connectivity index (χ3n) is 4.42. The van der Waals surface area contributed by atoms with Gasteiger partial charge >= 0.3 is 43.6 Å². The molecule has 0 aliphatic heterocycles. The number of alkyl halides is 3. The van der Waals surface area contributed by atoms with Crippen LogP contribution in [0.25, 0.3) is 0 Å². The fraction of sp³-hybridized carbons (Fsp3) is 0.182. The van der Waals surface area contributed by atoms with Crippen molar-refractivity contribution in [1.82, 2.24) is 0 Å². The van der Waals surface area contributed by atoms with Crippen LogP contribution in [0.3, 0.4) is 0 Å². The van der Waals surface area contributed by atoms with Crippen molar-refractivity contribution >= 4 is 7.82 Å². The van der Waals surface area contributed by atoms with Gasteiger partial charge in [-0.15, -0.1) is 0 Å². The Morgan fingerprint density at radius 2 is 1.30 bits per heavy atom. The van der Waals surface area contributed by atoms with Gasteiger partial charge in [0.25, 0.3) is 0 Å². The van der Waals surface area contributed by atoms with E-state index in [0.29, 0.717) is 12.0 Å². The fourth-order valence-electron chi connectivity index (χ4n) is 2.88. The molecule has 3 aromatic carbocycles. The molecule has 0 saturated heterocycles. The Kier molecular flexibility index (Phi) is 9.29. The zero-order valence-corrected chi connectivity index (χ0v) is 21.0. The Balaban J connectivity index is 0.00000385. The fourth-order valence-corrected chi connectivity index (χ4v) is 3.70. The molecule has 1 atom stereocenters. The van der Waals surface area contributed by atoms with Gasteiger partial charge in [-0.25, -0.2) is 4.57 Å². The normalized spacial score (nSPS) is 12.8. The topological polar surface area (TPSA) is 77.1 Å². The molecule has 0 saturated carbocycles. The molecule has 0 fully saturated rings. The van der Waals surface area contributed by atoms with Crippen molar-refractivity contribution in [3.8, 4) is 23.0 Å². The zero-order chi connectivity index (χ0) is 23.4. The van der Waals surface area contributed by atoms with Crippen molar-refractivity contribution in [3.05, 3.63) is 83.4 Å². The second-order valence-corrected chi connectivity index (χ2v) is 7.90. The van der Waals surface area contributed by atoms with Gasteiger partial charge in [-0.3, -0.25) is 0 Å². The molecule has 170 valence electrons. The van der Waals surface area contributed by atoms with E-state index in [0.717, 1.165) is 17.7 Å². The smallest absolute Gasteiger partial charge is 0.736 e. The summed E-state index contributed by atoms with van der Waals surface area (Å²) in [5, 5.41) is 0. The van der Waals surface area contributed by atoms with Crippen molar-refractivity contribution in [2.24, 2.45) is 0 Å². The van der Waals surface area contributed by atoms with E-state index in [-0.39, 0.29) is 52.6 Å². The van der Waals surface area contributed by atoms with Crippen LogP contribution in [0, 0.1) is 0 Å². The molecule has 0 heterocycles. The van der Waals surface area contributed by atoms with Crippen LogP contribution in [-0.2, 0) is 17.2 Å². The van der Waals surface area contributed by atoms with Crippen LogP contribution in [-0.4, -0.2) is 14.2 Å². The zero-order valence-electron chi connectivity index (χ0n) is 18.1. The van der Waals surface area contributed by atoms with Crippen molar-refractivity contribution in [2.75, 3.05) is 14.2 Å². The summed E-state index contributed by atoms with van der Waals surface area (Å²) < 4.78 is 70.6. The number of benzene rings is 3. The Morgan fingerprint density at radius 3 is 1.76 bits per heavy atom. The number of phosphoric acid groups is 1. The van der Waals surface area contributed by atoms with Crippen LogP contribution in [0.4, 0.5) is 13.2 Å². The van der Waals surface area contributed by atoms with Gasteiger partial charge in [0.15, 0.2) is 11.5 Å². The summed E-state index contributed by atoms with van der Waals surface area (Å²) in [5.41, 5.74) is 0.709. The Hall–Kier alpha value is -2.16. The van der Waals surface area contributed by atoms with E-state index < -0.39 is 19.6 Å². The van der Waals surface area contributed by atoms with E-state index in [9.17, 15) is 22.6 Å². The van der Waals surface area contributed by atoms with E-state index in [1.807, 2.05) is 0 Å². The van der Waals surface area contributed by atoms with E-state index >= 15 is 0 Å². The van der Waals surface area contributed by atoms with Crippen LogP contribution in [0.15, 0.2) is 66.7 Å². The standard InChI is InChI=1S/C22H20F3O6P.Na/c1-28-19-4-3-5-20(29-2)21(19)31-32(26,27)30-18-12-8-16(9-13-18)14-15-6-10-17(11-7-15)22(23,24)25;/h3-13H,14H2,1-2H3,(H,26,27);/q;+1/p-1. The van der Waals surface area contributed by atoms with Crippen molar-refractivity contribution in [3.63, 3.8) is 0 Å². The largest absolute Gasteiger partial charge is 1.00 e. The second-order valence-electron chi connectivity index (χ2n) is 6.64. The first-order chi connectivity index (χ1) is 15.1. The van der Waals surface area contributed by atoms with Gasteiger partial charge in [-0.05, 0) is 53.9 Å². The SMILES string of the molecule is COc1cccc(OC)c1OP(=O)([O-])Oc1ccc(Cc2ccc(C(F)(F)F)cc2)cc1.[Na+]. The molecule has 0 amide bonds. The monoisotopic (exact) mass is 490 g/mol. The average molecular weight is 490 g/mol. The summed E-state index contributed by atoms with van der Waals surface area (Å²) >= 11 is 0. The number of halogens is 3. The third-order valence-corrected chi connectivity index (χ3v) is 5.26. The van der Waals surface area contributed by atoms with E-state index in [1.54, 1.807) is 18.2 Å². The summed E-state index contributed by atoms with van der Waals surface area (Å²) in [6.07, 6.45) is -4.03. The molecule has 0 aliphatic carbocycles. The molecule has 0 aliphatic rings. The molecule has 3 aromatic rings. The van der Waals surface area contributed by atoms with Gasteiger partial charge in [0, 0.05) is 0 Å². The van der Waals surface area contributed by atoms with Crippen LogP contribution < -0.4 is 53.0 Å². The Labute approximate surface area is 211 Å². The van der Waals surface area contributed by atoms with Gasteiger partial charge in [0.05, 0.1) is 19.8 Å². The molecule has 6 nitrogen and oxygen atoms in total. The van der Waals surface area contributed by atoms with E-state index in [2.05, 4.69) is 0 Å². The van der Waals surface area contributed by atoms with Gasteiger partial charge in [0.1, 0.15) is 5.75 Å². The average Bonchev–Trinajstić information content (AvgIpc) is 2.74.